The van der Waals surface area contributed by atoms with Gasteiger partial charge in [0.25, 0.3) is 5.91 Å². The second-order valence-electron chi connectivity index (χ2n) is 4.17. The number of amides is 2. The van der Waals surface area contributed by atoms with Crippen LogP contribution in [0.3, 0.4) is 0 Å². The molecule has 0 aliphatic carbocycles. The lowest BCUT2D eigenvalue weighted by Crippen LogP contribution is -2.57. The fourth-order valence-corrected chi connectivity index (χ4v) is 1.96. The molecular weight excluding hydrogens is 254 g/mol. The Hall–Kier alpha value is -2.38. The molecule has 0 spiro atoms. The summed E-state index contributed by atoms with van der Waals surface area (Å²) in [6.07, 6.45) is 0.698. The van der Waals surface area contributed by atoms with Crippen LogP contribution >= 0.6 is 0 Å². The number of oxazole rings is 1. The Morgan fingerprint density at radius 3 is 2.95 bits per heavy atom. The second-order valence-corrected chi connectivity index (χ2v) is 4.17. The number of piperazine rings is 1. The zero-order valence-electron chi connectivity index (χ0n) is 10.3. The first-order chi connectivity index (χ1) is 9.00. The van der Waals surface area contributed by atoms with Gasteiger partial charge in [0, 0.05) is 13.1 Å². The van der Waals surface area contributed by atoms with Crippen LogP contribution in [0.15, 0.2) is 10.8 Å². The molecule has 8 heteroatoms. The lowest BCUT2D eigenvalue weighted by atomic mass is 10.1. The number of aromatic nitrogens is 1. The van der Waals surface area contributed by atoms with Gasteiger partial charge in [-0.15, -0.1) is 0 Å². The Morgan fingerprint density at radius 2 is 2.37 bits per heavy atom. The molecule has 1 atom stereocenters. The van der Waals surface area contributed by atoms with E-state index in [1.165, 1.54) is 4.90 Å². The number of carbonyl (C=O) groups excluding carboxylic acids is 2. The van der Waals surface area contributed by atoms with Crippen LogP contribution in [0, 0.1) is 6.92 Å². The van der Waals surface area contributed by atoms with Crippen LogP contribution < -0.4 is 5.32 Å². The number of aliphatic carboxylic acids is 1. The number of carboxylic acid groups (broad SMARTS) is 1. The third-order valence-electron chi connectivity index (χ3n) is 2.90. The number of carboxylic acids is 1. The Labute approximate surface area is 108 Å². The highest BCUT2D eigenvalue weighted by molar-refractivity contribution is 5.98. The lowest BCUT2D eigenvalue weighted by Gasteiger charge is -2.33. The summed E-state index contributed by atoms with van der Waals surface area (Å²) in [6.45, 7) is 2.13. The van der Waals surface area contributed by atoms with Crippen molar-refractivity contribution in [2.24, 2.45) is 0 Å². The molecule has 0 saturated carbocycles. The number of rotatable bonds is 3. The predicted molar refractivity (Wildman–Crippen MR) is 61.3 cm³/mol. The van der Waals surface area contributed by atoms with E-state index in [0.29, 0.717) is 5.69 Å². The highest BCUT2D eigenvalue weighted by Gasteiger charge is 2.36. The first-order valence-corrected chi connectivity index (χ1v) is 5.71. The molecule has 1 saturated heterocycles. The maximum atomic E-state index is 12.2. The zero-order chi connectivity index (χ0) is 14.0. The molecule has 102 valence electrons. The van der Waals surface area contributed by atoms with Crippen LogP contribution in [0.4, 0.5) is 0 Å². The third kappa shape index (κ3) is 2.56. The number of hydrogen-bond donors (Lipinski definition) is 2. The quantitative estimate of drug-likeness (QED) is 0.756. The minimum Gasteiger partial charge on any atom is -0.481 e. The summed E-state index contributed by atoms with van der Waals surface area (Å²) < 4.78 is 4.99. The molecule has 2 heterocycles. The van der Waals surface area contributed by atoms with Crippen molar-refractivity contribution in [2.45, 2.75) is 19.4 Å². The van der Waals surface area contributed by atoms with Crippen molar-refractivity contribution >= 4 is 17.8 Å². The number of hydrogen-bond acceptors (Lipinski definition) is 5. The fourth-order valence-electron chi connectivity index (χ4n) is 1.96. The van der Waals surface area contributed by atoms with Gasteiger partial charge in [0.1, 0.15) is 6.04 Å². The van der Waals surface area contributed by atoms with Crippen molar-refractivity contribution < 1.29 is 23.9 Å². The second kappa shape index (κ2) is 5.09. The average molecular weight is 267 g/mol. The molecule has 1 fully saturated rings. The van der Waals surface area contributed by atoms with Gasteiger partial charge in [0.2, 0.25) is 11.7 Å². The number of aryl methyl sites for hydroxylation is 1. The summed E-state index contributed by atoms with van der Waals surface area (Å²) >= 11 is 0. The van der Waals surface area contributed by atoms with Crippen molar-refractivity contribution in [3.05, 3.63) is 17.8 Å². The summed E-state index contributed by atoms with van der Waals surface area (Å²) in [7, 11) is 0. The lowest BCUT2D eigenvalue weighted by molar-refractivity contribution is -0.142. The zero-order valence-corrected chi connectivity index (χ0v) is 10.3. The van der Waals surface area contributed by atoms with Gasteiger partial charge in [-0.3, -0.25) is 14.4 Å². The molecule has 0 bridgehead atoms. The highest BCUT2D eigenvalue weighted by atomic mass is 16.4. The maximum absolute atomic E-state index is 12.2. The van der Waals surface area contributed by atoms with E-state index >= 15 is 0 Å². The van der Waals surface area contributed by atoms with Gasteiger partial charge in [0.05, 0.1) is 12.1 Å². The number of nitrogens with zero attached hydrogens (tertiary/aromatic N) is 2. The van der Waals surface area contributed by atoms with Gasteiger partial charge < -0.3 is 19.7 Å². The van der Waals surface area contributed by atoms with Crippen LogP contribution in [0.5, 0.6) is 0 Å². The third-order valence-corrected chi connectivity index (χ3v) is 2.90. The van der Waals surface area contributed by atoms with E-state index in [0.717, 1.165) is 6.39 Å². The van der Waals surface area contributed by atoms with E-state index in [2.05, 4.69) is 10.3 Å². The van der Waals surface area contributed by atoms with E-state index in [-0.39, 0.29) is 18.8 Å². The normalized spacial score (nSPS) is 19.1. The van der Waals surface area contributed by atoms with Crippen LogP contribution in [0.2, 0.25) is 0 Å². The Bertz CT molecular complexity index is 524. The van der Waals surface area contributed by atoms with Gasteiger partial charge in [-0.1, -0.05) is 0 Å². The summed E-state index contributed by atoms with van der Waals surface area (Å²) in [5.41, 5.74) is 0.407. The largest absolute Gasteiger partial charge is 0.481 e. The van der Waals surface area contributed by atoms with Crippen molar-refractivity contribution in [2.75, 3.05) is 13.1 Å². The first kappa shape index (κ1) is 13.1. The van der Waals surface area contributed by atoms with Crippen LogP contribution in [0.25, 0.3) is 0 Å². The average Bonchev–Trinajstić information content (AvgIpc) is 2.77. The molecule has 2 N–H and O–H groups in total. The summed E-state index contributed by atoms with van der Waals surface area (Å²) in [5, 5.41) is 11.4. The molecule has 2 rings (SSSR count). The van der Waals surface area contributed by atoms with Crippen LogP contribution in [0.1, 0.15) is 22.7 Å². The van der Waals surface area contributed by atoms with Crippen molar-refractivity contribution in [3.8, 4) is 0 Å². The molecule has 19 heavy (non-hydrogen) atoms. The summed E-state index contributed by atoms with van der Waals surface area (Å²) in [6, 6.07) is -1.02. The van der Waals surface area contributed by atoms with Gasteiger partial charge in [-0.25, -0.2) is 4.98 Å². The van der Waals surface area contributed by atoms with E-state index in [9.17, 15) is 14.4 Å². The summed E-state index contributed by atoms with van der Waals surface area (Å²) in [4.78, 5) is 39.7. The SMILES string of the molecule is Cc1ncoc1C(=O)N1CCNC(=O)C1CC(=O)O. The molecule has 2 amide bonds. The molecule has 0 aromatic carbocycles. The Morgan fingerprint density at radius 1 is 1.63 bits per heavy atom. The standard InChI is InChI=1S/C11H13N3O5/c1-6-9(19-5-13-6)11(18)14-3-2-12-10(17)7(14)4-8(15)16/h5,7H,2-4H2,1H3,(H,12,17)(H,15,16). The minimum absolute atomic E-state index is 0.0325. The highest BCUT2D eigenvalue weighted by Crippen LogP contribution is 2.15. The number of nitrogens with one attached hydrogen (secondary N) is 1. The smallest absolute Gasteiger partial charge is 0.305 e. The first-order valence-electron chi connectivity index (χ1n) is 5.71. The van der Waals surface area contributed by atoms with E-state index < -0.39 is 30.2 Å². The molecule has 1 aromatic rings. The van der Waals surface area contributed by atoms with Gasteiger partial charge in [-0.05, 0) is 6.92 Å². The predicted octanol–water partition coefficient (Wildman–Crippen LogP) is -0.602. The summed E-state index contributed by atoms with van der Waals surface area (Å²) in [5.74, 6) is -2.10. The minimum atomic E-state index is -1.14. The van der Waals surface area contributed by atoms with Crippen molar-refractivity contribution in [3.63, 3.8) is 0 Å². The van der Waals surface area contributed by atoms with Crippen LogP contribution in [-0.2, 0) is 9.59 Å². The Kier molecular flexibility index (Phi) is 3.50. The van der Waals surface area contributed by atoms with Gasteiger partial charge >= 0.3 is 5.97 Å². The molecule has 1 aliphatic rings. The monoisotopic (exact) mass is 267 g/mol. The molecule has 1 aliphatic heterocycles. The van der Waals surface area contributed by atoms with E-state index in [1.807, 2.05) is 0 Å². The molecule has 1 aromatic heterocycles. The van der Waals surface area contributed by atoms with Gasteiger partial charge in [0.15, 0.2) is 6.39 Å². The molecular formula is C11H13N3O5. The van der Waals surface area contributed by atoms with E-state index in [4.69, 9.17) is 9.52 Å². The molecule has 0 radical (unpaired) electrons. The van der Waals surface area contributed by atoms with Crippen molar-refractivity contribution in [1.82, 2.24) is 15.2 Å². The number of carbonyl (C=O) groups is 3. The van der Waals surface area contributed by atoms with Gasteiger partial charge in [-0.2, -0.15) is 0 Å². The van der Waals surface area contributed by atoms with Crippen LogP contribution in [-0.4, -0.2) is 51.9 Å². The van der Waals surface area contributed by atoms with Crippen molar-refractivity contribution in [1.29, 1.82) is 0 Å². The maximum Gasteiger partial charge on any atom is 0.305 e. The Balaban J connectivity index is 2.25. The molecule has 1 unspecified atom stereocenters. The topological polar surface area (TPSA) is 113 Å². The fraction of sp³-hybridized carbons (Fsp3) is 0.455. The van der Waals surface area contributed by atoms with E-state index in [1.54, 1.807) is 6.92 Å². The molecule has 8 nitrogen and oxygen atoms in total.